The summed E-state index contributed by atoms with van der Waals surface area (Å²) in [5, 5.41) is 3.38. The molecule has 3 aromatic rings. The second kappa shape index (κ2) is 10.5. The van der Waals surface area contributed by atoms with E-state index in [1.807, 2.05) is 18.8 Å². The molecule has 36 heavy (non-hydrogen) atoms. The van der Waals surface area contributed by atoms with Crippen LogP contribution < -0.4 is 16.3 Å². The molecule has 188 valence electrons. The minimum absolute atomic E-state index is 0.0424. The number of aryl methyl sites for hydroxylation is 1. The van der Waals surface area contributed by atoms with E-state index in [0.717, 1.165) is 44.2 Å². The minimum Gasteiger partial charge on any atom is -0.351 e. The number of anilines is 2. The number of hydrogen-bond donors (Lipinski definition) is 2. The van der Waals surface area contributed by atoms with Gasteiger partial charge in [-0.2, -0.15) is 0 Å². The third-order valence-electron chi connectivity index (χ3n) is 6.69. The van der Waals surface area contributed by atoms with E-state index in [4.69, 9.17) is 16.4 Å². The van der Waals surface area contributed by atoms with E-state index in [1.54, 1.807) is 22.8 Å². The second-order valence-electron chi connectivity index (χ2n) is 9.55. The summed E-state index contributed by atoms with van der Waals surface area (Å²) in [5.41, 5.74) is 4.40. The number of imidazole rings is 1. The molecule has 0 bridgehead atoms. The van der Waals surface area contributed by atoms with Gasteiger partial charge in [-0.1, -0.05) is 23.1 Å². The Balaban J connectivity index is 1.45. The quantitative estimate of drug-likeness (QED) is 0.341. The summed E-state index contributed by atoms with van der Waals surface area (Å²) in [7, 11) is 1.90. The van der Waals surface area contributed by atoms with E-state index in [-0.39, 0.29) is 29.1 Å². The SMILES string of the molecule is Bc1ccc(Nc2c(C(=O)NOCC3CC3)cc3c(ncn3CCC(=O)N3CCCC3)c2F)c(Cl)c1. The number of hydroxylamine groups is 1. The van der Waals surface area contributed by atoms with Crippen molar-refractivity contribution in [2.45, 2.75) is 38.6 Å². The second-order valence-corrected chi connectivity index (χ2v) is 9.96. The molecule has 0 radical (unpaired) electrons. The van der Waals surface area contributed by atoms with Crippen LogP contribution in [0.1, 0.15) is 42.5 Å². The normalized spacial score (nSPS) is 15.4. The van der Waals surface area contributed by atoms with Crippen LogP contribution in [-0.4, -0.2) is 53.8 Å². The maximum Gasteiger partial charge on any atom is 0.277 e. The standard InChI is InChI=1S/C25H28BClFN5O3/c26-16-5-6-19(18(27)11-16)30-23-17(25(35)31-36-13-15-3-4-15)12-20-24(22(23)28)29-14-33(20)10-7-21(34)32-8-1-2-9-32/h5-6,11-12,14-15,30H,1-4,7-10,13,26H2,(H,31,35). The first kappa shape index (κ1) is 24.6. The smallest absolute Gasteiger partial charge is 0.277 e. The van der Waals surface area contributed by atoms with E-state index < -0.39 is 11.7 Å². The van der Waals surface area contributed by atoms with Crippen molar-refractivity contribution in [3.8, 4) is 0 Å². The van der Waals surface area contributed by atoms with Gasteiger partial charge in [-0.05, 0) is 49.8 Å². The van der Waals surface area contributed by atoms with Crippen LogP contribution in [0, 0.1) is 11.7 Å². The molecular weight excluding hydrogens is 484 g/mol. The number of amides is 2. The Kier molecular flexibility index (Phi) is 7.16. The summed E-state index contributed by atoms with van der Waals surface area (Å²) in [6.45, 7) is 2.31. The molecule has 1 saturated heterocycles. The third kappa shape index (κ3) is 5.34. The first-order valence-corrected chi connectivity index (χ1v) is 12.7. The van der Waals surface area contributed by atoms with Gasteiger partial charge in [0.1, 0.15) is 13.4 Å². The Morgan fingerprint density at radius 1 is 1.22 bits per heavy atom. The molecule has 2 N–H and O–H groups in total. The lowest BCUT2D eigenvalue weighted by molar-refractivity contribution is -0.130. The molecule has 2 fully saturated rings. The van der Waals surface area contributed by atoms with Crippen molar-refractivity contribution < 1.29 is 18.8 Å². The zero-order valence-electron chi connectivity index (χ0n) is 20.2. The Labute approximate surface area is 214 Å². The summed E-state index contributed by atoms with van der Waals surface area (Å²) >= 11 is 6.37. The monoisotopic (exact) mass is 511 g/mol. The lowest BCUT2D eigenvalue weighted by Crippen LogP contribution is -2.28. The maximum absolute atomic E-state index is 15.8. The fourth-order valence-corrected chi connectivity index (χ4v) is 4.68. The molecule has 11 heteroatoms. The Bertz CT molecular complexity index is 1310. The molecule has 0 unspecified atom stereocenters. The van der Waals surface area contributed by atoms with Crippen LogP contribution in [0.5, 0.6) is 0 Å². The Hall–Kier alpha value is -3.11. The topological polar surface area (TPSA) is 88.5 Å². The average molecular weight is 512 g/mol. The molecule has 5 rings (SSSR count). The van der Waals surface area contributed by atoms with E-state index in [2.05, 4.69) is 15.8 Å². The van der Waals surface area contributed by atoms with Crippen molar-refractivity contribution in [3.05, 3.63) is 47.0 Å². The number of rotatable bonds is 9. The summed E-state index contributed by atoms with van der Waals surface area (Å²) < 4.78 is 17.5. The molecule has 2 aromatic carbocycles. The number of aromatic nitrogens is 2. The van der Waals surface area contributed by atoms with Gasteiger partial charge in [0.15, 0.2) is 5.82 Å². The van der Waals surface area contributed by atoms with Gasteiger partial charge in [0.05, 0.1) is 40.4 Å². The fourth-order valence-electron chi connectivity index (χ4n) is 4.40. The predicted molar refractivity (Wildman–Crippen MR) is 139 cm³/mol. The van der Waals surface area contributed by atoms with Crippen molar-refractivity contribution in [1.29, 1.82) is 0 Å². The summed E-state index contributed by atoms with van der Waals surface area (Å²) in [4.78, 5) is 37.1. The lowest BCUT2D eigenvalue weighted by atomic mass is 9.96. The predicted octanol–water partition coefficient (Wildman–Crippen LogP) is 2.91. The number of likely N-dealkylation sites (tertiary alicyclic amines) is 1. The van der Waals surface area contributed by atoms with Gasteiger partial charge in [0.2, 0.25) is 5.91 Å². The molecule has 0 spiro atoms. The number of fused-ring (bicyclic) bond motifs is 1. The van der Waals surface area contributed by atoms with E-state index in [9.17, 15) is 9.59 Å². The van der Waals surface area contributed by atoms with Crippen LogP contribution in [0.2, 0.25) is 5.02 Å². The van der Waals surface area contributed by atoms with Crippen molar-refractivity contribution in [2.75, 3.05) is 25.0 Å². The van der Waals surface area contributed by atoms with Crippen LogP contribution in [0.15, 0.2) is 30.6 Å². The Morgan fingerprint density at radius 3 is 2.72 bits per heavy atom. The molecule has 2 heterocycles. The zero-order chi connectivity index (χ0) is 25.2. The van der Waals surface area contributed by atoms with Gasteiger partial charge in [-0.25, -0.2) is 14.9 Å². The Morgan fingerprint density at radius 2 is 2.00 bits per heavy atom. The number of nitrogens with one attached hydrogen (secondary N) is 2. The van der Waals surface area contributed by atoms with Gasteiger partial charge < -0.3 is 14.8 Å². The molecule has 2 aliphatic rings. The van der Waals surface area contributed by atoms with Crippen LogP contribution in [0.3, 0.4) is 0 Å². The molecule has 0 atom stereocenters. The molecule has 1 aliphatic heterocycles. The third-order valence-corrected chi connectivity index (χ3v) is 7.00. The lowest BCUT2D eigenvalue weighted by Gasteiger charge is -2.17. The number of carbonyl (C=O) groups excluding carboxylic acids is 2. The van der Waals surface area contributed by atoms with Gasteiger partial charge in [-0.15, -0.1) is 0 Å². The van der Waals surface area contributed by atoms with Gasteiger partial charge in [0.25, 0.3) is 5.91 Å². The fraction of sp³-hybridized carbons (Fsp3) is 0.400. The highest BCUT2D eigenvalue weighted by Crippen LogP contribution is 2.33. The average Bonchev–Trinajstić information content (AvgIpc) is 3.34. The highest BCUT2D eigenvalue weighted by Gasteiger charge is 2.25. The zero-order valence-corrected chi connectivity index (χ0v) is 20.9. The minimum atomic E-state index is -0.680. The van der Waals surface area contributed by atoms with Gasteiger partial charge in [-0.3, -0.25) is 14.4 Å². The highest BCUT2D eigenvalue weighted by molar-refractivity contribution is 6.37. The number of carbonyl (C=O) groups is 2. The van der Waals surface area contributed by atoms with Gasteiger partial charge >= 0.3 is 0 Å². The van der Waals surface area contributed by atoms with E-state index in [1.165, 1.54) is 6.33 Å². The summed E-state index contributed by atoms with van der Waals surface area (Å²) in [6, 6.07) is 6.90. The van der Waals surface area contributed by atoms with E-state index >= 15 is 4.39 Å². The largest absolute Gasteiger partial charge is 0.351 e. The van der Waals surface area contributed by atoms with Gasteiger partial charge in [0, 0.05) is 26.1 Å². The maximum atomic E-state index is 15.8. The van der Waals surface area contributed by atoms with Crippen molar-refractivity contribution in [3.63, 3.8) is 0 Å². The number of hydrogen-bond acceptors (Lipinski definition) is 5. The summed E-state index contributed by atoms with van der Waals surface area (Å²) in [6.07, 6.45) is 5.96. The molecule has 1 aromatic heterocycles. The number of halogens is 2. The number of benzene rings is 2. The molecule has 2 amide bonds. The molecular formula is C25H28BClFN5O3. The molecule has 1 saturated carbocycles. The van der Waals surface area contributed by atoms with Crippen molar-refractivity contribution in [1.82, 2.24) is 19.9 Å². The van der Waals surface area contributed by atoms with Crippen molar-refractivity contribution >= 4 is 59.1 Å². The van der Waals surface area contributed by atoms with E-state index in [0.29, 0.717) is 35.3 Å². The van der Waals surface area contributed by atoms with Crippen LogP contribution in [0.25, 0.3) is 11.0 Å². The van der Waals surface area contributed by atoms with Crippen LogP contribution in [-0.2, 0) is 16.2 Å². The first-order chi connectivity index (χ1) is 17.4. The van der Waals surface area contributed by atoms with Crippen LogP contribution >= 0.6 is 11.6 Å². The van der Waals surface area contributed by atoms with Crippen molar-refractivity contribution in [2.24, 2.45) is 5.92 Å². The molecule has 8 nitrogen and oxygen atoms in total. The first-order valence-electron chi connectivity index (χ1n) is 12.3. The summed E-state index contributed by atoms with van der Waals surface area (Å²) in [5.74, 6) is -0.749. The highest BCUT2D eigenvalue weighted by atomic mass is 35.5. The molecule has 1 aliphatic carbocycles. The number of nitrogens with zero attached hydrogens (tertiary/aromatic N) is 3. The van der Waals surface area contributed by atoms with Crippen LogP contribution in [0.4, 0.5) is 15.8 Å².